The minimum absolute atomic E-state index is 0.137. The molecule has 3 atom stereocenters. The molecule has 5 heteroatoms. The zero-order chi connectivity index (χ0) is 14.8. The summed E-state index contributed by atoms with van der Waals surface area (Å²) in [5.41, 5.74) is -1.07. The average molecular weight is 290 g/mol. The number of aliphatic hydroxyl groups excluding tert-OH is 3. The van der Waals surface area contributed by atoms with E-state index in [1.54, 1.807) is 0 Å². The van der Waals surface area contributed by atoms with E-state index >= 15 is 0 Å². The molecule has 5 nitrogen and oxygen atoms in total. The molecular weight excluding hydrogens is 260 g/mol. The van der Waals surface area contributed by atoms with Gasteiger partial charge in [-0.3, -0.25) is 0 Å². The lowest BCUT2D eigenvalue weighted by molar-refractivity contribution is -0.224. The fourth-order valence-corrected chi connectivity index (χ4v) is 2.46. The lowest BCUT2D eigenvalue weighted by Crippen LogP contribution is -2.57. The third kappa shape index (κ3) is 5.66. The molecule has 1 fully saturated rings. The Morgan fingerprint density at radius 3 is 2.50 bits per heavy atom. The molecule has 3 N–H and O–H groups in total. The number of aliphatic hydroxyl groups is 3. The molecule has 0 radical (unpaired) electrons. The van der Waals surface area contributed by atoms with Gasteiger partial charge in [0.05, 0.1) is 32.0 Å². The van der Waals surface area contributed by atoms with E-state index in [2.05, 4.69) is 6.92 Å². The van der Waals surface area contributed by atoms with E-state index in [0.29, 0.717) is 6.61 Å². The van der Waals surface area contributed by atoms with Crippen molar-refractivity contribution in [2.75, 3.05) is 26.4 Å². The third-order valence-electron chi connectivity index (χ3n) is 3.92. The second-order valence-corrected chi connectivity index (χ2v) is 5.76. The summed E-state index contributed by atoms with van der Waals surface area (Å²) in [7, 11) is 0. The molecule has 0 aromatic rings. The van der Waals surface area contributed by atoms with Gasteiger partial charge in [-0.25, -0.2) is 0 Å². The molecule has 20 heavy (non-hydrogen) atoms. The summed E-state index contributed by atoms with van der Waals surface area (Å²) in [5, 5.41) is 28.8. The minimum atomic E-state index is -1.07. The van der Waals surface area contributed by atoms with Crippen LogP contribution in [-0.4, -0.2) is 59.6 Å². The lowest BCUT2D eigenvalue weighted by Gasteiger charge is -2.41. The highest BCUT2D eigenvalue weighted by molar-refractivity contribution is 4.93. The van der Waals surface area contributed by atoms with Crippen LogP contribution in [0.4, 0.5) is 0 Å². The van der Waals surface area contributed by atoms with Gasteiger partial charge in [0.1, 0.15) is 5.60 Å². The Balaban J connectivity index is 2.15. The van der Waals surface area contributed by atoms with Gasteiger partial charge >= 0.3 is 0 Å². The van der Waals surface area contributed by atoms with Gasteiger partial charge in [-0.2, -0.15) is 0 Å². The SMILES string of the molecule is CCCCCCCCOC[C@@]1(CO)OC[C@@H](O)CC1O. The maximum Gasteiger partial charge on any atom is 0.140 e. The number of hydrogen-bond donors (Lipinski definition) is 3. The third-order valence-corrected chi connectivity index (χ3v) is 3.92. The second-order valence-electron chi connectivity index (χ2n) is 5.76. The quantitative estimate of drug-likeness (QED) is 0.528. The molecule has 0 saturated carbocycles. The van der Waals surface area contributed by atoms with E-state index in [9.17, 15) is 15.3 Å². The van der Waals surface area contributed by atoms with Crippen molar-refractivity contribution in [2.45, 2.75) is 69.7 Å². The zero-order valence-electron chi connectivity index (χ0n) is 12.6. The predicted octanol–water partition coefficient (Wildman–Crippen LogP) is 1.24. The smallest absolute Gasteiger partial charge is 0.140 e. The van der Waals surface area contributed by atoms with Gasteiger partial charge in [0.15, 0.2) is 0 Å². The van der Waals surface area contributed by atoms with Crippen LogP contribution in [0.5, 0.6) is 0 Å². The Kier molecular flexibility index (Phi) is 8.64. The van der Waals surface area contributed by atoms with Crippen molar-refractivity contribution in [1.82, 2.24) is 0 Å². The van der Waals surface area contributed by atoms with E-state index < -0.39 is 17.8 Å². The van der Waals surface area contributed by atoms with Gasteiger partial charge in [0, 0.05) is 13.0 Å². The highest BCUT2D eigenvalue weighted by Crippen LogP contribution is 2.26. The van der Waals surface area contributed by atoms with Gasteiger partial charge in [-0.05, 0) is 6.42 Å². The molecule has 120 valence electrons. The monoisotopic (exact) mass is 290 g/mol. The molecule has 0 aromatic heterocycles. The van der Waals surface area contributed by atoms with Crippen LogP contribution in [0.25, 0.3) is 0 Å². The topological polar surface area (TPSA) is 79.2 Å². The van der Waals surface area contributed by atoms with Crippen LogP contribution in [0.2, 0.25) is 0 Å². The highest BCUT2D eigenvalue weighted by atomic mass is 16.6. The first-order valence-electron chi connectivity index (χ1n) is 7.83. The fraction of sp³-hybridized carbons (Fsp3) is 1.00. The maximum absolute atomic E-state index is 9.96. The molecule has 0 aliphatic carbocycles. The van der Waals surface area contributed by atoms with E-state index in [1.165, 1.54) is 25.7 Å². The van der Waals surface area contributed by atoms with Gasteiger partial charge in [-0.1, -0.05) is 39.0 Å². The summed E-state index contributed by atoms with van der Waals surface area (Å²) in [5.74, 6) is 0. The first-order valence-corrected chi connectivity index (χ1v) is 7.83. The molecule has 1 aliphatic rings. The van der Waals surface area contributed by atoms with Gasteiger partial charge in [0.2, 0.25) is 0 Å². The molecule has 0 bridgehead atoms. The highest BCUT2D eigenvalue weighted by Gasteiger charge is 2.43. The largest absolute Gasteiger partial charge is 0.393 e. The molecule has 1 saturated heterocycles. The molecule has 1 aliphatic heterocycles. The van der Waals surface area contributed by atoms with Crippen LogP contribution in [0.15, 0.2) is 0 Å². The maximum atomic E-state index is 9.96. The van der Waals surface area contributed by atoms with E-state index in [0.717, 1.165) is 12.8 Å². The summed E-state index contributed by atoms with van der Waals surface area (Å²) in [4.78, 5) is 0. The molecule has 1 heterocycles. The van der Waals surface area contributed by atoms with Crippen LogP contribution < -0.4 is 0 Å². The number of unbranched alkanes of at least 4 members (excludes halogenated alkanes) is 5. The standard InChI is InChI=1S/C15H30O5/c1-2-3-4-5-6-7-8-19-12-15(11-16)14(18)9-13(17)10-20-15/h13-14,16-18H,2-12H2,1H3/t13-,14?,15+/m0/s1. The van der Waals surface area contributed by atoms with Crippen LogP contribution >= 0.6 is 0 Å². The van der Waals surface area contributed by atoms with Crippen LogP contribution in [-0.2, 0) is 9.47 Å². The lowest BCUT2D eigenvalue weighted by atomic mass is 9.91. The average Bonchev–Trinajstić information content (AvgIpc) is 2.44. The first kappa shape index (κ1) is 17.9. The van der Waals surface area contributed by atoms with Crippen LogP contribution in [0, 0.1) is 0 Å². The molecule has 1 rings (SSSR count). The Morgan fingerprint density at radius 2 is 1.85 bits per heavy atom. The summed E-state index contributed by atoms with van der Waals surface area (Å²) in [6.07, 6.45) is 5.85. The summed E-state index contributed by atoms with van der Waals surface area (Å²) in [6.45, 7) is 2.83. The predicted molar refractivity (Wildman–Crippen MR) is 76.6 cm³/mol. The molecular formula is C15H30O5. The van der Waals surface area contributed by atoms with Crippen molar-refractivity contribution in [2.24, 2.45) is 0 Å². The van der Waals surface area contributed by atoms with E-state index in [1.807, 2.05) is 0 Å². The van der Waals surface area contributed by atoms with Gasteiger partial charge < -0.3 is 24.8 Å². The molecule has 0 aromatic carbocycles. The fourth-order valence-electron chi connectivity index (χ4n) is 2.46. The summed E-state index contributed by atoms with van der Waals surface area (Å²) >= 11 is 0. The van der Waals surface area contributed by atoms with Crippen molar-refractivity contribution in [3.63, 3.8) is 0 Å². The van der Waals surface area contributed by atoms with E-state index in [4.69, 9.17) is 9.47 Å². The second kappa shape index (κ2) is 9.68. The molecule has 0 amide bonds. The number of ether oxygens (including phenoxy) is 2. The summed E-state index contributed by atoms with van der Waals surface area (Å²) < 4.78 is 11.0. The van der Waals surface area contributed by atoms with Crippen molar-refractivity contribution in [1.29, 1.82) is 0 Å². The Bertz CT molecular complexity index is 248. The summed E-state index contributed by atoms with van der Waals surface area (Å²) in [6, 6.07) is 0. The number of hydrogen-bond acceptors (Lipinski definition) is 5. The zero-order valence-corrected chi connectivity index (χ0v) is 12.6. The van der Waals surface area contributed by atoms with Crippen molar-refractivity contribution in [3.8, 4) is 0 Å². The van der Waals surface area contributed by atoms with Crippen LogP contribution in [0.3, 0.4) is 0 Å². The van der Waals surface area contributed by atoms with Crippen LogP contribution in [0.1, 0.15) is 51.9 Å². The Labute approximate surface area is 121 Å². The number of rotatable bonds is 10. The minimum Gasteiger partial charge on any atom is -0.393 e. The van der Waals surface area contributed by atoms with E-state index in [-0.39, 0.29) is 26.2 Å². The van der Waals surface area contributed by atoms with Crippen molar-refractivity contribution < 1.29 is 24.8 Å². The Morgan fingerprint density at radius 1 is 1.15 bits per heavy atom. The molecule has 0 spiro atoms. The van der Waals surface area contributed by atoms with Gasteiger partial charge in [-0.15, -0.1) is 0 Å². The van der Waals surface area contributed by atoms with Gasteiger partial charge in [0.25, 0.3) is 0 Å². The van der Waals surface area contributed by atoms with Crippen molar-refractivity contribution in [3.05, 3.63) is 0 Å². The first-order chi connectivity index (χ1) is 9.64. The normalized spacial score (nSPS) is 30.6. The molecule has 1 unspecified atom stereocenters. The Hall–Kier alpha value is -0.200. The van der Waals surface area contributed by atoms with Crippen molar-refractivity contribution >= 4 is 0 Å².